The van der Waals surface area contributed by atoms with Crippen LogP contribution in [0.2, 0.25) is 0 Å². The van der Waals surface area contributed by atoms with Gasteiger partial charge in [0.2, 0.25) is 5.91 Å². The Morgan fingerprint density at radius 1 is 1.33 bits per heavy atom. The van der Waals surface area contributed by atoms with Crippen molar-refractivity contribution in [1.82, 2.24) is 10.2 Å². The molecule has 5 heteroatoms. The maximum Gasteiger partial charge on any atom is 0.224 e. The predicted molar refractivity (Wildman–Crippen MR) is 90.8 cm³/mol. The number of nitrogens with one attached hydrogen (secondary N) is 1. The Morgan fingerprint density at radius 2 is 2.05 bits per heavy atom. The molecule has 0 aliphatic carbocycles. The molecule has 0 aromatic carbocycles. The van der Waals surface area contributed by atoms with Crippen LogP contribution in [0.25, 0.3) is 0 Å². The van der Waals surface area contributed by atoms with Crippen LogP contribution in [0.3, 0.4) is 0 Å². The van der Waals surface area contributed by atoms with Gasteiger partial charge in [-0.2, -0.15) is 0 Å². The van der Waals surface area contributed by atoms with Crippen LogP contribution in [0, 0.1) is 5.41 Å². The largest absolute Gasteiger partial charge is 0.362 e. The molecule has 1 unspecified atom stereocenters. The Hall–Kier alpha value is -0.710. The standard InChI is InChI=1S/C16H29N3OS/c1-16(2,3)13-8-12-21-15(18-13)17-9-7-14(20)19-10-5-4-6-11-19/h13H,4-12H2,1-3H3,(H,17,18). The first-order valence-corrected chi connectivity index (χ1v) is 9.17. The number of likely N-dealkylation sites (tertiary alicyclic amines) is 1. The third-order valence-electron chi connectivity index (χ3n) is 4.28. The van der Waals surface area contributed by atoms with Crippen LogP contribution < -0.4 is 5.32 Å². The first kappa shape index (κ1) is 16.7. The molecule has 21 heavy (non-hydrogen) atoms. The van der Waals surface area contributed by atoms with E-state index in [0.29, 0.717) is 19.0 Å². The summed E-state index contributed by atoms with van der Waals surface area (Å²) in [5, 5.41) is 4.56. The van der Waals surface area contributed by atoms with E-state index in [-0.39, 0.29) is 11.3 Å². The van der Waals surface area contributed by atoms with Gasteiger partial charge in [0.05, 0.1) is 6.54 Å². The molecule has 0 saturated carbocycles. The number of amides is 1. The average molecular weight is 311 g/mol. The summed E-state index contributed by atoms with van der Waals surface area (Å²) in [5.74, 6) is 1.39. The lowest BCUT2D eigenvalue weighted by molar-refractivity contribution is -0.131. The molecular formula is C16H29N3OS. The van der Waals surface area contributed by atoms with Gasteiger partial charge in [0.1, 0.15) is 0 Å². The van der Waals surface area contributed by atoms with E-state index >= 15 is 0 Å². The van der Waals surface area contributed by atoms with Crippen molar-refractivity contribution in [2.45, 2.75) is 58.9 Å². The van der Waals surface area contributed by atoms with Gasteiger partial charge in [0, 0.05) is 31.3 Å². The van der Waals surface area contributed by atoms with Gasteiger partial charge in [0.15, 0.2) is 5.17 Å². The Balaban J connectivity index is 1.77. The molecule has 4 nitrogen and oxygen atoms in total. The number of carbonyl (C=O) groups excluding carboxylic acids is 1. The zero-order chi connectivity index (χ0) is 15.3. The summed E-state index contributed by atoms with van der Waals surface area (Å²) in [6, 6.07) is 0.482. The Bertz CT molecular complexity index is 383. The lowest BCUT2D eigenvalue weighted by Gasteiger charge is -2.35. The van der Waals surface area contributed by atoms with Crippen LogP contribution in [0.15, 0.2) is 4.99 Å². The summed E-state index contributed by atoms with van der Waals surface area (Å²) in [7, 11) is 0. The molecule has 2 rings (SSSR count). The number of amidine groups is 1. The molecule has 2 saturated heterocycles. The molecule has 2 fully saturated rings. The maximum atomic E-state index is 12.1. The van der Waals surface area contributed by atoms with Gasteiger partial charge >= 0.3 is 0 Å². The molecule has 0 bridgehead atoms. The number of nitrogens with zero attached hydrogens (tertiary/aromatic N) is 2. The monoisotopic (exact) mass is 311 g/mol. The molecule has 0 spiro atoms. The molecule has 2 heterocycles. The molecule has 2 aliphatic rings. The van der Waals surface area contributed by atoms with E-state index in [1.54, 1.807) is 11.8 Å². The van der Waals surface area contributed by atoms with E-state index in [1.165, 1.54) is 12.8 Å². The highest BCUT2D eigenvalue weighted by molar-refractivity contribution is 8.13. The third-order valence-corrected chi connectivity index (χ3v) is 5.24. The SMILES string of the molecule is CC(C)(C)C1CCSC(=NCCC(=O)N2CCCCC2)N1. The minimum atomic E-state index is 0.255. The number of rotatable bonds is 3. The zero-order valence-electron chi connectivity index (χ0n) is 13.7. The third kappa shape index (κ3) is 5.20. The van der Waals surface area contributed by atoms with Gasteiger partial charge in [-0.05, 0) is 31.1 Å². The number of hydrogen-bond donors (Lipinski definition) is 1. The van der Waals surface area contributed by atoms with Crippen molar-refractivity contribution in [1.29, 1.82) is 0 Å². The maximum absolute atomic E-state index is 12.1. The number of hydrogen-bond acceptors (Lipinski definition) is 3. The van der Waals surface area contributed by atoms with Gasteiger partial charge in [-0.3, -0.25) is 9.79 Å². The van der Waals surface area contributed by atoms with E-state index < -0.39 is 0 Å². The second-order valence-electron chi connectivity index (χ2n) is 7.08. The van der Waals surface area contributed by atoms with Crippen LogP contribution in [0.1, 0.15) is 52.9 Å². The molecule has 120 valence electrons. The van der Waals surface area contributed by atoms with Gasteiger partial charge < -0.3 is 10.2 Å². The van der Waals surface area contributed by atoms with Crippen molar-refractivity contribution < 1.29 is 4.79 Å². The molecule has 0 aromatic rings. The van der Waals surface area contributed by atoms with E-state index in [4.69, 9.17) is 0 Å². The van der Waals surface area contributed by atoms with Crippen molar-refractivity contribution in [3.63, 3.8) is 0 Å². The summed E-state index contributed by atoms with van der Waals surface area (Å²) in [6.07, 6.45) is 5.31. The summed E-state index contributed by atoms with van der Waals surface area (Å²) in [5.41, 5.74) is 0.255. The van der Waals surface area contributed by atoms with E-state index in [0.717, 1.165) is 36.9 Å². The first-order valence-electron chi connectivity index (χ1n) is 8.18. The lowest BCUT2D eigenvalue weighted by Crippen LogP contribution is -2.46. The Kier molecular flexibility index (Phi) is 5.97. The van der Waals surface area contributed by atoms with Crippen molar-refractivity contribution in [2.24, 2.45) is 10.4 Å². The van der Waals surface area contributed by atoms with Gasteiger partial charge in [0.25, 0.3) is 0 Å². The van der Waals surface area contributed by atoms with E-state index in [1.807, 2.05) is 4.90 Å². The van der Waals surface area contributed by atoms with E-state index in [2.05, 4.69) is 31.1 Å². The second kappa shape index (κ2) is 7.52. The minimum Gasteiger partial charge on any atom is -0.362 e. The van der Waals surface area contributed by atoms with Crippen molar-refractivity contribution in [3.8, 4) is 0 Å². The zero-order valence-corrected chi connectivity index (χ0v) is 14.5. The Labute approximate surface area is 133 Å². The summed E-state index contributed by atoms with van der Waals surface area (Å²) in [6.45, 7) is 9.28. The summed E-state index contributed by atoms with van der Waals surface area (Å²) >= 11 is 1.78. The van der Waals surface area contributed by atoms with Crippen LogP contribution in [-0.4, -0.2) is 47.4 Å². The van der Waals surface area contributed by atoms with Crippen molar-refractivity contribution in [2.75, 3.05) is 25.4 Å². The Morgan fingerprint density at radius 3 is 2.71 bits per heavy atom. The second-order valence-corrected chi connectivity index (χ2v) is 8.16. The summed E-state index contributed by atoms with van der Waals surface area (Å²) in [4.78, 5) is 18.7. The molecule has 1 N–H and O–H groups in total. The minimum absolute atomic E-state index is 0.255. The predicted octanol–water partition coefficient (Wildman–Crippen LogP) is 2.89. The van der Waals surface area contributed by atoms with Gasteiger partial charge in [-0.25, -0.2) is 0 Å². The quantitative estimate of drug-likeness (QED) is 0.871. The number of aliphatic imine (C=N–C) groups is 1. The molecule has 0 radical (unpaired) electrons. The van der Waals surface area contributed by atoms with Crippen LogP contribution in [0.5, 0.6) is 0 Å². The lowest BCUT2D eigenvalue weighted by atomic mass is 9.85. The molecule has 1 amide bonds. The molecular weight excluding hydrogens is 282 g/mol. The fourth-order valence-electron chi connectivity index (χ4n) is 2.83. The molecule has 0 aromatic heterocycles. The number of carbonyl (C=O) groups is 1. The highest BCUT2D eigenvalue weighted by Crippen LogP contribution is 2.27. The van der Waals surface area contributed by atoms with Crippen LogP contribution >= 0.6 is 11.8 Å². The van der Waals surface area contributed by atoms with Gasteiger partial charge in [-0.1, -0.05) is 32.5 Å². The summed E-state index contributed by atoms with van der Waals surface area (Å²) < 4.78 is 0. The molecule has 1 atom stereocenters. The van der Waals surface area contributed by atoms with Crippen LogP contribution in [0.4, 0.5) is 0 Å². The fourth-order valence-corrected chi connectivity index (χ4v) is 3.79. The average Bonchev–Trinajstić information content (AvgIpc) is 2.47. The highest BCUT2D eigenvalue weighted by Gasteiger charge is 2.28. The topological polar surface area (TPSA) is 44.7 Å². The fraction of sp³-hybridized carbons (Fsp3) is 0.875. The molecule has 2 aliphatic heterocycles. The van der Waals surface area contributed by atoms with Crippen molar-refractivity contribution in [3.05, 3.63) is 0 Å². The van der Waals surface area contributed by atoms with E-state index in [9.17, 15) is 4.79 Å². The number of piperidine rings is 1. The highest BCUT2D eigenvalue weighted by atomic mass is 32.2. The van der Waals surface area contributed by atoms with Crippen LogP contribution in [-0.2, 0) is 4.79 Å². The van der Waals surface area contributed by atoms with Crippen molar-refractivity contribution >= 4 is 22.8 Å². The van der Waals surface area contributed by atoms with Gasteiger partial charge in [-0.15, -0.1) is 0 Å². The first-order chi connectivity index (χ1) is 9.97. The normalized spacial score (nSPS) is 25.8. The number of thioether (sulfide) groups is 1. The smallest absolute Gasteiger partial charge is 0.224 e.